The van der Waals surface area contributed by atoms with Gasteiger partial charge in [-0.15, -0.1) is 0 Å². The summed E-state index contributed by atoms with van der Waals surface area (Å²) < 4.78 is 10.3. The highest BCUT2D eigenvalue weighted by Crippen LogP contribution is 2.41. The fraction of sp³-hybridized carbons (Fsp3) is 0.636. The fourth-order valence-electron chi connectivity index (χ4n) is 4.14. The molecule has 2 N–H and O–H groups in total. The number of hydrogen-bond acceptors (Lipinski definition) is 5. The molecule has 0 radical (unpaired) electrons. The van der Waals surface area contributed by atoms with E-state index in [1.807, 2.05) is 44.2 Å². The molecule has 1 amide bonds. The van der Waals surface area contributed by atoms with Crippen LogP contribution in [0.2, 0.25) is 0 Å². The van der Waals surface area contributed by atoms with Gasteiger partial charge < -0.3 is 19.9 Å². The van der Waals surface area contributed by atoms with Crippen LogP contribution >= 0.6 is 0 Å². The molecule has 0 spiro atoms. The topological polar surface area (TPSA) is 84.9 Å². The smallest absolute Gasteiger partial charge is 0.331 e. The lowest BCUT2D eigenvalue weighted by atomic mass is 9.66. The Morgan fingerprint density at radius 1 is 1.25 bits per heavy atom. The zero-order valence-corrected chi connectivity index (χ0v) is 17.3. The Balaban J connectivity index is 2.09. The maximum absolute atomic E-state index is 13.0. The van der Waals surface area contributed by atoms with Gasteiger partial charge in [-0.25, -0.2) is 4.79 Å². The first-order valence-electron chi connectivity index (χ1n) is 10.0. The first-order chi connectivity index (χ1) is 13.3. The van der Waals surface area contributed by atoms with Crippen LogP contribution in [0.4, 0.5) is 0 Å². The molecule has 1 saturated carbocycles. The van der Waals surface area contributed by atoms with E-state index in [0.29, 0.717) is 12.3 Å². The molecule has 1 aromatic rings. The second kappa shape index (κ2) is 10.0. The lowest BCUT2D eigenvalue weighted by molar-refractivity contribution is -0.156. The third kappa shape index (κ3) is 5.55. The Bertz CT molecular complexity index is 648. The van der Waals surface area contributed by atoms with E-state index in [1.54, 1.807) is 0 Å². The highest BCUT2D eigenvalue weighted by Gasteiger charge is 2.48. The molecule has 28 heavy (non-hydrogen) atoms. The van der Waals surface area contributed by atoms with Gasteiger partial charge in [0.1, 0.15) is 18.3 Å². The molecule has 4 atom stereocenters. The quantitative estimate of drug-likeness (QED) is 0.666. The molecule has 0 aliphatic heterocycles. The Kier molecular flexibility index (Phi) is 8.01. The number of amides is 1. The molecule has 6 heteroatoms. The molecule has 6 nitrogen and oxygen atoms in total. The van der Waals surface area contributed by atoms with Crippen molar-refractivity contribution in [2.45, 2.75) is 51.7 Å². The average Bonchev–Trinajstić information content (AvgIpc) is 2.67. The van der Waals surface area contributed by atoms with Crippen molar-refractivity contribution in [1.29, 1.82) is 0 Å². The number of methoxy groups -OCH3 is 1. The average molecular weight is 392 g/mol. The van der Waals surface area contributed by atoms with Crippen molar-refractivity contribution in [3.8, 4) is 0 Å². The van der Waals surface area contributed by atoms with Gasteiger partial charge in [-0.3, -0.25) is 4.79 Å². The highest BCUT2D eigenvalue weighted by molar-refractivity contribution is 5.85. The third-order valence-corrected chi connectivity index (χ3v) is 5.69. The zero-order valence-electron chi connectivity index (χ0n) is 17.3. The summed E-state index contributed by atoms with van der Waals surface area (Å²) in [5.74, 6) is -0.405. The second-order valence-corrected chi connectivity index (χ2v) is 8.16. The van der Waals surface area contributed by atoms with Crippen molar-refractivity contribution in [2.24, 2.45) is 17.8 Å². The van der Waals surface area contributed by atoms with Gasteiger partial charge in [0.2, 0.25) is 0 Å². The number of benzene rings is 1. The maximum atomic E-state index is 13.0. The standard InChI is InChI=1S/C22H33NO5/c1-15(2)18-11-10-16(3)12-22(18,26)21(25)23-13-19(28-14-20(24)27-4)17-8-6-5-7-9-17/h5-9,15-16,18-19,26H,10-14H2,1-4H3,(H,23,25)/t16-,18+,19-,22+/m1/s1. The molecule has 1 aliphatic rings. The fourth-order valence-corrected chi connectivity index (χ4v) is 4.14. The van der Waals surface area contributed by atoms with E-state index < -0.39 is 17.7 Å². The van der Waals surface area contributed by atoms with Crippen LogP contribution < -0.4 is 5.32 Å². The van der Waals surface area contributed by atoms with Crippen molar-refractivity contribution in [1.82, 2.24) is 5.32 Å². The number of nitrogens with one attached hydrogen (secondary N) is 1. The van der Waals surface area contributed by atoms with E-state index in [4.69, 9.17) is 4.74 Å². The Morgan fingerprint density at radius 3 is 2.54 bits per heavy atom. The number of carbonyl (C=O) groups is 2. The number of rotatable bonds is 8. The Hall–Kier alpha value is -1.92. The number of hydrogen-bond donors (Lipinski definition) is 2. The van der Waals surface area contributed by atoms with E-state index >= 15 is 0 Å². The van der Waals surface area contributed by atoms with E-state index in [-0.39, 0.29) is 30.9 Å². The Morgan fingerprint density at radius 2 is 1.93 bits per heavy atom. The molecule has 0 unspecified atom stereocenters. The summed E-state index contributed by atoms with van der Waals surface area (Å²) in [5.41, 5.74) is -0.536. The van der Waals surface area contributed by atoms with E-state index in [0.717, 1.165) is 18.4 Å². The Labute approximate surface area is 167 Å². The van der Waals surface area contributed by atoms with Crippen LogP contribution in [0.5, 0.6) is 0 Å². The lowest BCUT2D eigenvalue weighted by Gasteiger charge is -2.43. The van der Waals surface area contributed by atoms with Crippen molar-refractivity contribution in [2.75, 3.05) is 20.3 Å². The van der Waals surface area contributed by atoms with E-state index in [9.17, 15) is 14.7 Å². The normalized spacial score (nSPS) is 25.9. The highest BCUT2D eigenvalue weighted by atomic mass is 16.6. The molecule has 0 heterocycles. The van der Waals surface area contributed by atoms with Gasteiger partial charge in [0.25, 0.3) is 5.91 Å². The SMILES string of the molecule is COC(=O)CO[C@H](CNC(=O)[C@]1(O)C[C@H](C)CC[C@H]1C(C)C)c1ccccc1. The molecular weight excluding hydrogens is 358 g/mol. The summed E-state index contributed by atoms with van der Waals surface area (Å²) in [6.45, 7) is 6.13. The van der Waals surface area contributed by atoms with Crippen LogP contribution in [-0.2, 0) is 19.1 Å². The number of aliphatic hydroxyl groups is 1. The summed E-state index contributed by atoms with van der Waals surface area (Å²) in [7, 11) is 1.30. The number of carbonyl (C=O) groups excluding carboxylic acids is 2. The first kappa shape index (κ1) is 22.4. The predicted molar refractivity (Wildman–Crippen MR) is 106 cm³/mol. The minimum atomic E-state index is -1.38. The van der Waals surface area contributed by atoms with Gasteiger partial charge >= 0.3 is 5.97 Å². The molecule has 0 aromatic heterocycles. The second-order valence-electron chi connectivity index (χ2n) is 8.16. The largest absolute Gasteiger partial charge is 0.467 e. The van der Waals surface area contributed by atoms with E-state index in [1.165, 1.54) is 7.11 Å². The van der Waals surface area contributed by atoms with Gasteiger partial charge in [0, 0.05) is 6.54 Å². The summed E-state index contributed by atoms with van der Waals surface area (Å²) in [6, 6.07) is 9.39. The van der Waals surface area contributed by atoms with Gasteiger partial charge in [-0.1, -0.05) is 57.5 Å². The van der Waals surface area contributed by atoms with E-state index in [2.05, 4.69) is 17.0 Å². The summed E-state index contributed by atoms with van der Waals surface area (Å²) in [4.78, 5) is 24.5. The van der Waals surface area contributed by atoms with Crippen LogP contribution in [0.25, 0.3) is 0 Å². The molecule has 1 fully saturated rings. The van der Waals surface area contributed by atoms with Crippen LogP contribution in [0.1, 0.15) is 51.7 Å². The van der Waals surface area contributed by atoms with Crippen molar-refractivity contribution in [3.05, 3.63) is 35.9 Å². The first-order valence-corrected chi connectivity index (χ1v) is 10.0. The van der Waals surface area contributed by atoms with Crippen molar-refractivity contribution < 1.29 is 24.2 Å². The monoisotopic (exact) mass is 391 g/mol. The van der Waals surface area contributed by atoms with Gasteiger partial charge in [0.15, 0.2) is 0 Å². The minimum absolute atomic E-state index is 0.0742. The summed E-state index contributed by atoms with van der Waals surface area (Å²) in [6.07, 6.45) is 1.81. The molecule has 0 bridgehead atoms. The third-order valence-electron chi connectivity index (χ3n) is 5.69. The number of esters is 1. The van der Waals surface area contributed by atoms with Gasteiger partial charge in [-0.2, -0.15) is 0 Å². The molecule has 2 rings (SSSR count). The zero-order chi connectivity index (χ0) is 20.7. The summed E-state index contributed by atoms with van der Waals surface area (Å²) in [5, 5.41) is 14.1. The number of ether oxygens (including phenoxy) is 2. The van der Waals surface area contributed by atoms with Crippen molar-refractivity contribution in [3.63, 3.8) is 0 Å². The van der Waals surface area contributed by atoms with Gasteiger partial charge in [-0.05, 0) is 36.2 Å². The molecule has 1 aliphatic carbocycles. The van der Waals surface area contributed by atoms with Crippen LogP contribution in [0.3, 0.4) is 0 Å². The molecular formula is C22H33NO5. The molecule has 0 saturated heterocycles. The minimum Gasteiger partial charge on any atom is -0.467 e. The van der Waals surface area contributed by atoms with Crippen LogP contribution in [0, 0.1) is 17.8 Å². The predicted octanol–water partition coefficient (Wildman–Crippen LogP) is 2.86. The van der Waals surface area contributed by atoms with Crippen LogP contribution in [0.15, 0.2) is 30.3 Å². The summed E-state index contributed by atoms with van der Waals surface area (Å²) >= 11 is 0. The maximum Gasteiger partial charge on any atom is 0.331 e. The van der Waals surface area contributed by atoms with Crippen LogP contribution in [-0.4, -0.2) is 42.8 Å². The molecule has 156 valence electrons. The van der Waals surface area contributed by atoms with Gasteiger partial charge in [0.05, 0.1) is 7.11 Å². The lowest BCUT2D eigenvalue weighted by Crippen LogP contribution is -2.56. The van der Waals surface area contributed by atoms with Crippen molar-refractivity contribution >= 4 is 11.9 Å². The molecule has 1 aromatic carbocycles.